The molecule has 0 aromatic carbocycles. The highest BCUT2D eigenvalue weighted by atomic mass is 16.8. The van der Waals surface area contributed by atoms with E-state index in [1.54, 1.807) is 0 Å². The van der Waals surface area contributed by atoms with E-state index in [2.05, 4.69) is 10.6 Å². The van der Waals surface area contributed by atoms with E-state index in [1.807, 2.05) is 0 Å². The van der Waals surface area contributed by atoms with Crippen LogP contribution in [-0.2, 0) is 38.0 Å². The molecule has 3 fully saturated rings. The highest BCUT2D eigenvalue weighted by molar-refractivity contribution is 5.73. The monoisotopic (exact) mass is 584 g/mol. The van der Waals surface area contributed by atoms with Crippen molar-refractivity contribution in [2.75, 3.05) is 20.3 Å². The van der Waals surface area contributed by atoms with Crippen LogP contribution in [-0.4, -0.2) is 154 Å². The highest BCUT2D eigenvalue weighted by Gasteiger charge is 2.51. The molecule has 8 unspecified atom stereocenters. The zero-order valence-corrected chi connectivity index (χ0v) is 22.3. The molecule has 17 heteroatoms. The van der Waals surface area contributed by atoms with Gasteiger partial charge in [0.1, 0.15) is 42.7 Å². The van der Waals surface area contributed by atoms with E-state index in [1.165, 1.54) is 21.0 Å². The number of amides is 2. The Morgan fingerprint density at radius 3 is 2.00 bits per heavy atom. The molecule has 0 aromatic rings. The first-order valence-electron chi connectivity index (χ1n) is 12.9. The Hall–Kier alpha value is -1.58. The van der Waals surface area contributed by atoms with E-state index in [9.17, 15) is 45.3 Å². The predicted molar refractivity (Wildman–Crippen MR) is 128 cm³/mol. The van der Waals surface area contributed by atoms with Gasteiger partial charge in [0.15, 0.2) is 25.2 Å². The summed E-state index contributed by atoms with van der Waals surface area (Å²) in [5.41, 5.74) is 0. The van der Waals surface area contributed by atoms with Crippen molar-refractivity contribution in [3.8, 4) is 0 Å². The first-order valence-corrected chi connectivity index (χ1v) is 12.9. The minimum atomic E-state index is -1.82. The molecule has 0 aromatic heterocycles. The van der Waals surface area contributed by atoms with Gasteiger partial charge in [-0.05, 0) is 0 Å². The van der Waals surface area contributed by atoms with Crippen molar-refractivity contribution < 1.29 is 73.8 Å². The second-order valence-electron chi connectivity index (χ2n) is 9.97. The molecule has 3 aliphatic rings. The number of hydrogen-bond acceptors (Lipinski definition) is 15. The number of nitrogens with one attached hydrogen (secondary N) is 2. The van der Waals surface area contributed by atoms with Crippen molar-refractivity contribution in [3.63, 3.8) is 0 Å². The lowest BCUT2D eigenvalue weighted by atomic mass is 9.99. The van der Waals surface area contributed by atoms with Crippen molar-refractivity contribution in [1.29, 1.82) is 0 Å². The molecule has 40 heavy (non-hydrogen) atoms. The number of carbonyl (C=O) groups excluding carboxylic acids is 2. The Morgan fingerprint density at radius 2 is 1.45 bits per heavy atom. The Bertz CT molecular complexity index is 838. The first-order chi connectivity index (χ1) is 18.9. The fourth-order valence-corrected chi connectivity index (χ4v) is 4.95. The molecule has 2 amide bonds. The quantitative estimate of drug-likeness (QED) is 0.110. The summed E-state index contributed by atoms with van der Waals surface area (Å²) in [6, 6.07) is -1.54. The molecule has 9 N–H and O–H groups in total. The third-order valence-corrected chi connectivity index (χ3v) is 6.92. The average molecular weight is 585 g/mol. The molecule has 0 bridgehead atoms. The minimum Gasteiger partial charge on any atom is -0.394 e. The van der Waals surface area contributed by atoms with E-state index in [0.29, 0.717) is 0 Å². The number of rotatable bonds is 11. The fourth-order valence-electron chi connectivity index (χ4n) is 4.95. The van der Waals surface area contributed by atoms with Gasteiger partial charge in [0, 0.05) is 33.8 Å². The van der Waals surface area contributed by atoms with Gasteiger partial charge in [-0.3, -0.25) is 9.59 Å². The van der Waals surface area contributed by atoms with E-state index in [0.717, 1.165) is 0 Å². The van der Waals surface area contributed by atoms with E-state index in [4.69, 9.17) is 28.4 Å². The van der Waals surface area contributed by atoms with Crippen LogP contribution in [0.2, 0.25) is 0 Å². The zero-order chi connectivity index (χ0) is 29.7. The van der Waals surface area contributed by atoms with Crippen LogP contribution in [0.3, 0.4) is 0 Å². The highest BCUT2D eigenvalue weighted by Crippen LogP contribution is 2.32. The lowest BCUT2D eigenvalue weighted by molar-refractivity contribution is -0.386. The number of methoxy groups -OCH3 is 1. The number of hydrogen-bond donors (Lipinski definition) is 9. The predicted octanol–water partition coefficient (Wildman–Crippen LogP) is -5.25. The standard InChI is InChI=1S/C23H40N2O15/c1-8(28)24-10-5-15(38-20(10)16(31)12(30)6-26)39-23-19(34)17(32)18(33)22(40-23)36-13-4-11(25-9(2)29)21(35-3)37-14(13)7-27/h10-23,26-27,30-34H,4-7H2,1-3H3,(H,24,28)(H,25,29)/t10-,11?,12?,13+,14?,15-,16?,17?,18?,19-,20?,21-,22-,23?/m1/s1. The van der Waals surface area contributed by atoms with Gasteiger partial charge >= 0.3 is 0 Å². The van der Waals surface area contributed by atoms with Gasteiger partial charge in [-0.1, -0.05) is 0 Å². The summed E-state index contributed by atoms with van der Waals surface area (Å²) in [7, 11) is 1.36. The lowest BCUT2D eigenvalue weighted by Crippen LogP contribution is -2.62. The van der Waals surface area contributed by atoms with Crippen LogP contribution < -0.4 is 10.6 Å². The number of aliphatic hydroxyl groups excluding tert-OH is 7. The molecule has 3 heterocycles. The van der Waals surface area contributed by atoms with Gasteiger partial charge in [-0.2, -0.15) is 0 Å². The van der Waals surface area contributed by atoms with E-state index in [-0.39, 0.29) is 18.7 Å². The number of carbonyl (C=O) groups is 2. The van der Waals surface area contributed by atoms with Crippen LogP contribution >= 0.6 is 0 Å². The Morgan fingerprint density at radius 1 is 0.850 bits per heavy atom. The molecule has 17 nitrogen and oxygen atoms in total. The molecule has 0 radical (unpaired) electrons. The van der Waals surface area contributed by atoms with Gasteiger partial charge < -0.3 is 74.8 Å². The summed E-state index contributed by atoms with van der Waals surface area (Å²) < 4.78 is 33.6. The normalized spacial score (nSPS) is 41.8. The molecule has 0 saturated carbocycles. The smallest absolute Gasteiger partial charge is 0.217 e. The molecular formula is C23H40N2O15. The molecule has 0 aliphatic carbocycles. The molecule has 232 valence electrons. The Balaban J connectivity index is 1.71. The fraction of sp³-hybridized carbons (Fsp3) is 0.913. The van der Waals surface area contributed by atoms with Crippen LogP contribution in [0, 0.1) is 0 Å². The van der Waals surface area contributed by atoms with Gasteiger partial charge in [-0.15, -0.1) is 0 Å². The summed E-state index contributed by atoms with van der Waals surface area (Å²) in [5.74, 6) is -0.839. The third-order valence-electron chi connectivity index (χ3n) is 6.92. The van der Waals surface area contributed by atoms with Gasteiger partial charge in [0.2, 0.25) is 11.8 Å². The lowest BCUT2D eigenvalue weighted by Gasteiger charge is -2.45. The average Bonchev–Trinajstić information content (AvgIpc) is 3.30. The van der Waals surface area contributed by atoms with Crippen LogP contribution in [0.4, 0.5) is 0 Å². The Labute approximate surface area is 229 Å². The zero-order valence-electron chi connectivity index (χ0n) is 22.3. The van der Waals surface area contributed by atoms with Crippen molar-refractivity contribution in [3.05, 3.63) is 0 Å². The van der Waals surface area contributed by atoms with Crippen LogP contribution in [0.1, 0.15) is 26.7 Å². The maximum absolute atomic E-state index is 11.6. The molecular weight excluding hydrogens is 544 g/mol. The largest absolute Gasteiger partial charge is 0.394 e. The van der Waals surface area contributed by atoms with Crippen LogP contribution in [0.5, 0.6) is 0 Å². The van der Waals surface area contributed by atoms with Gasteiger partial charge in [0.05, 0.1) is 31.4 Å². The van der Waals surface area contributed by atoms with Crippen molar-refractivity contribution >= 4 is 11.8 Å². The second kappa shape index (κ2) is 14.5. The van der Waals surface area contributed by atoms with E-state index >= 15 is 0 Å². The molecule has 3 aliphatic heterocycles. The topological polar surface area (TPSA) is 255 Å². The summed E-state index contributed by atoms with van der Waals surface area (Å²) in [6.07, 6.45) is -17.1. The summed E-state index contributed by atoms with van der Waals surface area (Å²) in [4.78, 5) is 23.3. The number of ether oxygens (including phenoxy) is 6. The SMILES string of the molecule is CO[C@@H]1OC(CO)[C@@H](O[C@@H]2OC(O[C@@H]3C[C@@H](NC(C)=O)C(C(O)C(O)CO)O3)[C@H](O)C(O)C2O)CC1NC(C)=O. The molecule has 3 saturated heterocycles. The number of aliphatic hydroxyl groups is 7. The summed E-state index contributed by atoms with van der Waals surface area (Å²) in [5, 5.41) is 76.0. The van der Waals surface area contributed by atoms with Gasteiger partial charge in [0.25, 0.3) is 0 Å². The maximum Gasteiger partial charge on any atom is 0.217 e. The van der Waals surface area contributed by atoms with Crippen LogP contribution in [0.15, 0.2) is 0 Å². The molecule has 3 rings (SSSR count). The second-order valence-corrected chi connectivity index (χ2v) is 9.97. The van der Waals surface area contributed by atoms with Crippen molar-refractivity contribution in [1.82, 2.24) is 10.6 Å². The van der Waals surface area contributed by atoms with Crippen molar-refractivity contribution in [2.45, 2.75) is 113 Å². The van der Waals surface area contributed by atoms with Crippen LogP contribution in [0.25, 0.3) is 0 Å². The van der Waals surface area contributed by atoms with E-state index < -0.39 is 105 Å². The summed E-state index contributed by atoms with van der Waals surface area (Å²) >= 11 is 0. The minimum absolute atomic E-state index is 0.0664. The van der Waals surface area contributed by atoms with Gasteiger partial charge in [-0.25, -0.2) is 0 Å². The first kappa shape index (κ1) is 32.9. The Kier molecular flexibility index (Phi) is 12.0. The summed E-state index contributed by atoms with van der Waals surface area (Å²) in [6.45, 7) is 1.23. The molecule has 14 atom stereocenters. The maximum atomic E-state index is 11.6. The van der Waals surface area contributed by atoms with Crippen molar-refractivity contribution in [2.24, 2.45) is 0 Å². The molecule has 0 spiro atoms. The third kappa shape index (κ3) is 7.82.